The molecule has 4 aromatic rings. The number of methoxy groups -OCH3 is 1. The molecule has 200 valence electrons. The number of amides is 2. The first-order valence-corrected chi connectivity index (χ1v) is 12.6. The molecule has 0 radical (unpaired) electrons. The van der Waals surface area contributed by atoms with Gasteiger partial charge in [-0.05, 0) is 44.2 Å². The molecule has 9 heteroatoms. The summed E-state index contributed by atoms with van der Waals surface area (Å²) in [7, 11) is 1.55. The monoisotopic (exact) mass is 526 g/mol. The molecule has 1 N–H and O–H groups in total. The lowest BCUT2D eigenvalue weighted by molar-refractivity contribution is -0.117. The Morgan fingerprint density at radius 1 is 0.974 bits per heavy atom. The van der Waals surface area contributed by atoms with Crippen molar-refractivity contribution in [3.8, 4) is 28.4 Å². The van der Waals surface area contributed by atoms with Crippen LogP contribution in [-0.4, -0.2) is 59.9 Å². The predicted octanol–water partition coefficient (Wildman–Crippen LogP) is 4.61. The van der Waals surface area contributed by atoms with E-state index in [4.69, 9.17) is 19.2 Å². The Balaban J connectivity index is 1.39. The van der Waals surface area contributed by atoms with Crippen molar-refractivity contribution in [2.75, 3.05) is 38.9 Å². The van der Waals surface area contributed by atoms with Crippen LogP contribution in [0.1, 0.15) is 21.5 Å². The fourth-order valence-electron chi connectivity index (χ4n) is 4.24. The van der Waals surface area contributed by atoms with E-state index in [0.717, 1.165) is 28.1 Å². The summed E-state index contributed by atoms with van der Waals surface area (Å²) < 4.78 is 17.8. The lowest BCUT2D eigenvalue weighted by Crippen LogP contribution is -2.40. The third-order valence-electron chi connectivity index (χ3n) is 6.42. The minimum atomic E-state index is -0.380. The smallest absolute Gasteiger partial charge is 0.254 e. The first-order valence-electron chi connectivity index (χ1n) is 12.6. The minimum Gasteiger partial charge on any atom is -0.454 e. The molecule has 1 aliphatic heterocycles. The van der Waals surface area contributed by atoms with Crippen LogP contribution in [0.4, 0.5) is 5.95 Å². The number of fused-ring (bicyclic) bond motifs is 1. The van der Waals surface area contributed by atoms with Crippen LogP contribution in [0.25, 0.3) is 16.9 Å². The van der Waals surface area contributed by atoms with Crippen molar-refractivity contribution in [1.29, 1.82) is 0 Å². The average molecular weight is 527 g/mol. The SMILES string of the molecule is COCCN(CC(=O)Nc1nc(-c2ccc(C)cc2)cn1-c1ccc(C)cc1)C(=O)c1ccc2c(c1)OCO2. The van der Waals surface area contributed by atoms with Crippen LogP contribution >= 0.6 is 0 Å². The van der Waals surface area contributed by atoms with Gasteiger partial charge in [-0.2, -0.15) is 0 Å². The molecule has 0 saturated heterocycles. The summed E-state index contributed by atoms with van der Waals surface area (Å²) in [5.41, 5.74) is 5.17. The maximum Gasteiger partial charge on any atom is 0.254 e. The maximum absolute atomic E-state index is 13.3. The van der Waals surface area contributed by atoms with Gasteiger partial charge in [0.05, 0.1) is 12.3 Å². The van der Waals surface area contributed by atoms with Gasteiger partial charge in [0.25, 0.3) is 5.91 Å². The van der Waals surface area contributed by atoms with Crippen LogP contribution in [-0.2, 0) is 9.53 Å². The summed E-state index contributed by atoms with van der Waals surface area (Å²) in [4.78, 5) is 32.8. The van der Waals surface area contributed by atoms with Crippen molar-refractivity contribution in [2.45, 2.75) is 13.8 Å². The van der Waals surface area contributed by atoms with Crippen molar-refractivity contribution in [3.05, 3.63) is 89.6 Å². The first kappa shape index (κ1) is 26.0. The number of aryl methyl sites for hydroxylation is 2. The molecule has 0 bridgehead atoms. The van der Waals surface area contributed by atoms with E-state index in [-0.39, 0.29) is 38.3 Å². The van der Waals surface area contributed by atoms with Gasteiger partial charge >= 0.3 is 0 Å². The van der Waals surface area contributed by atoms with E-state index >= 15 is 0 Å². The zero-order valence-corrected chi connectivity index (χ0v) is 22.1. The molecule has 1 aromatic heterocycles. The van der Waals surface area contributed by atoms with Gasteiger partial charge in [-0.15, -0.1) is 0 Å². The van der Waals surface area contributed by atoms with Gasteiger partial charge in [0.1, 0.15) is 6.54 Å². The van der Waals surface area contributed by atoms with Crippen LogP contribution in [0.5, 0.6) is 11.5 Å². The van der Waals surface area contributed by atoms with E-state index in [0.29, 0.717) is 23.0 Å². The Bertz CT molecular complexity index is 1480. The fourth-order valence-corrected chi connectivity index (χ4v) is 4.24. The number of benzene rings is 3. The quantitative estimate of drug-likeness (QED) is 0.342. The Labute approximate surface area is 226 Å². The standard InChI is InChI=1S/C30H30N4O5/c1-20-4-8-22(9-5-20)25-17-34(24-11-6-21(2)7-12-24)30(31-25)32-28(35)18-33(14-15-37-3)29(36)23-10-13-26-27(16-23)39-19-38-26/h4-13,16-17H,14-15,18-19H2,1-3H3,(H,31,32,35). The molecule has 9 nitrogen and oxygen atoms in total. The molecule has 0 saturated carbocycles. The zero-order chi connectivity index (χ0) is 27.4. The molecule has 2 heterocycles. The molecular formula is C30H30N4O5. The molecule has 2 amide bonds. The largest absolute Gasteiger partial charge is 0.454 e. The van der Waals surface area contributed by atoms with Gasteiger partial charge in [0, 0.05) is 36.7 Å². The van der Waals surface area contributed by atoms with Crippen molar-refractivity contribution in [2.24, 2.45) is 0 Å². The summed E-state index contributed by atoms with van der Waals surface area (Å²) >= 11 is 0. The molecule has 0 fully saturated rings. The van der Waals surface area contributed by atoms with E-state index in [1.807, 2.05) is 73.1 Å². The highest BCUT2D eigenvalue weighted by Crippen LogP contribution is 2.33. The molecule has 0 spiro atoms. The summed E-state index contributed by atoms with van der Waals surface area (Å²) in [6.45, 7) is 4.49. The Hall–Kier alpha value is -4.63. The summed E-state index contributed by atoms with van der Waals surface area (Å²) in [5, 5.41) is 2.91. The highest BCUT2D eigenvalue weighted by atomic mass is 16.7. The third kappa shape index (κ3) is 5.94. The van der Waals surface area contributed by atoms with E-state index in [1.54, 1.807) is 25.3 Å². The van der Waals surface area contributed by atoms with Gasteiger partial charge in [-0.1, -0.05) is 47.5 Å². The normalized spacial score (nSPS) is 11.9. The van der Waals surface area contributed by atoms with Gasteiger partial charge in [0.2, 0.25) is 18.6 Å². The highest BCUT2D eigenvalue weighted by Gasteiger charge is 2.23. The minimum absolute atomic E-state index is 0.112. The topological polar surface area (TPSA) is 94.9 Å². The van der Waals surface area contributed by atoms with E-state index < -0.39 is 0 Å². The van der Waals surface area contributed by atoms with Crippen LogP contribution < -0.4 is 14.8 Å². The summed E-state index contributed by atoms with van der Waals surface area (Å²) in [6.07, 6.45) is 1.89. The Morgan fingerprint density at radius 3 is 2.38 bits per heavy atom. The molecule has 39 heavy (non-hydrogen) atoms. The van der Waals surface area contributed by atoms with Crippen LogP contribution in [0.2, 0.25) is 0 Å². The van der Waals surface area contributed by atoms with Crippen molar-refractivity contribution >= 4 is 17.8 Å². The summed E-state index contributed by atoms with van der Waals surface area (Å²) in [5.74, 6) is 0.750. The number of nitrogens with zero attached hydrogens (tertiary/aromatic N) is 3. The zero-order valence-electron chi connectivity index (χ0n) is 22.1. The molecule has 5 rings (SSSR count). The highest BCUT2D eigenvalue weighted by molar-refractivity contribution is 5.99. The molecule has 3 aromatic carbocycles. The number of hydrogen-bond donors (Lipinski definition) is 1. The molecule has 0 unspecified atom stereocenters. The predicted molar refractivity (Wildman–Crippen MR) is 147 cm³/mol. The number of aromatic nitrogens is 2. The fraction of sp³-hybridized carbons (Fsp3) is 0.233. The maximum atomic E-state index is 13.3. The van der Waals surface area contributed by atoms with Crippen molar-refractivity contribution in [3.63, 3.8) is 0 Å². The van der Waals surface area contributed by atoms with E-state index in [9.17, 15) is 9.59 Å². The second-order valence-corrected chi connectivity index (χ2v) is 9.36. The molecule has 0 aliphatic carbocycles. The number of imidazole rings is 1. The van der Waals surface area contributed by atoms with Crippen molar-refractivity contribution < 1.29 is 23.8 Å². The second kappa shape index (κ2) is 11.4. The molecule has 1 aliphatic rings. The number of nitrogens with one attached hydrogen (secondary N) is 1. The molecular weight excluding hydrogens is 496 g/mol. The number of rotatable bonds is 9. The summed E-state index contributed by atoms with van der Waals surface area (Å²) in [6, 6.07) is 21.0. The van der Waals surface area contributed by atoms with Crippen molar-refractivity contribution in [1.82, 2.24) is 14.5 Å². The van der Waals surface area contributed by atoms with Gasteiger partial charge < -0.3 is 19.1 Å². The third-order valence-corrected chi connectivity index (χ3v) is 6.42. The number of ether oxygens (including phenoxy) is 3. The van der Waals surface area contributed by atoms with Crippen LogP contribution in [0.3, 0.4) is 0 Å². The average Bonchev–Trinajstić information content (AvgIpc) is 3.58. The van der Waals surface area contributed by atoms with Gasteiger partial charge in [-0.3, -0.25) is 19.5 Å². The van der Waals surface area contributed by atoms with Crippen LogP contribution in [0, 0.1) is 13.8 Å². The number of carbonyl (C=O) groups is 2. The van der Waals surface area contributed by atoms with E-state index in [2.05, 4.69) is 5.32 Å². The number of carbonyl (C=O) groups excluding carboxylic acids is 2. The lowest BCUT2D eigenvalue weighted by atomic mass is 10.1. The number of anilines is 1. The number of hydrogen-bond acceptors (Lipinski definition) is 6. The van der Waals surface area contributed by atoms with Gasteiger partial charge in [-0.25, -0.2) is 4.98 Å². The first-order chi connectivity index (χ1) is 18.9. The Morgan fingerprint density at radius 2 is 1.67 bits per heavy atom. The molecule has 0 atom stereocenters. The second-order valence-electron chi connectivity index (χ2n) is 9.36. The van der Waals surface area contributed by atoms with Crippen LogP contribution in [0.15, 0.2) is 72.9 Å². The Kier molecular flexibility index (Phi) is 7.60. The lowest BCUT2D eigenvalue weighted by Gasteiger charge is -2.22. The van der Waals surface area contributed by atoms with E-state index in [1.165, 1.54) is 4.90 Å². The van der Waals surface area contributed by atoms with Gasteiger partial charge in [0.15, 0.2) is 11.5 Å².